The molecule has 0 atom stereocenters. The molecule has 0 saturated carbocycles. The molecule has 3 aromatic rings. The number of ether oxygens (including phenoxy) is 1. The maximum absolute atomic E-state index is 12.4. The Balaban J connectivity index is 1.71. The highest BCUT2D eigenvalue weighted by molar-refractivity contribution is 5.92. The summed E-state index contributed by atoms with van der Waals surface area (Å²) < 4.78 is 6.99. The number of carbonyl (C=O) groups is 1. The molecule has 1 N–H and O–H groups in total. The van der Waals surface area contributed by atoms with Gasteiger partial charge in [0.05, 0.1) is 17.9 Å². The topological polar surface area (TPSA) is 97.0 Å². The van der Waals surface area contributed by atoms with Gasteiger partial charge in [0, 0.05) is 6.42 Å². The van der Waals surface area contributed by atoms with Crippen molar-refractivity contribution < 1.29 is 9.53 Å². The van der Waals surface area contributed by atoms with Crippen molar-refractivity contribution in [1.29, 1.82) is 5.26 Å². The maximum atomic E-state index is 12.4. The van der Waals surface area contributed by atoms with Crippen LogP contribution < -0.4 is 15.6 Å². The molecule has 0 aliphatic heterocycles. The predicted octanol–water partition coefficient (Wildman–Crippen LogP) is 3.55. The minimum absolute atomic E-state index is 0.0277. The van der Waals surface area contributed by atoms with Crippen molar-refractivity contribution in [2.24, 2.45) is 0 Å². The molecular weight excluding hydrogens is 368 g/mol. The van der Waals surface area contributed by atoms with E-state index in [4.69, 9.17) is 4.74 Å². The van der Waals surface area contributed by atoms with Crippen LogP contribution in [0.15, 0.2) is 59.4 Å². The van der Waals surface area contributed by atoms with Gasteiger partial charge >= 0.3 is 0 Å². The largest absolute Gasteiger partial charge is 0.455 e. The molecular formula is C22H20N4O3. The van der Waals surface area contributed by atoms with Crippen LogP contribution in [0.1, 0.15) is 23.2 Å². The minimum atomic E-state index is -0.490. The van der Waals surface area contributed by atoms with Gasteiger partial charge in [-0.1, -0.05) is 30.3 Å². The van der Waals surface area contributed by atoms with Crippen LogP contribution in [0.5, 0.6) is 11.5 Å². The van der Waals surface area contributed by atoms with Crippen molar-refractivity contribution >= 4 is 11.6 Å². The second-order valence-electron chi connectivity index (χ2n) is 6.43. The summed E-state index contributed by atoms with van der Waals surface area (Å²) in [6.45, 7) is 3.48. The first kappa shape index (κ1) is 19.8. The molecule has 7 nitrogen and oxygen atoms in total. The molecule has 7 heteroatoms. The monoisotopic (exact) mass is 388 g/mol. The van der Waals surface area contributed by atoms with Gasteiger partial charge in [-0.05, 0) is 43.7 Å². The zero-order valence-electron chi connectivity index (χ0n) is 16.2. The third-order valence-corrected chi connectivity index (χ3v) is 4.43. The Hall–Kier alpha value is -3.92. The Morgan fingerprint density at radius 3 is 2.55 bits per heavy atom. The Labute approximate surface area is 168 Å². The average Bonchev–Trinajstić information content (AvgIpc) is 2.72. The van der Waals surface area contributed by atoms with Gasteiger partial charge in [0.15, 0.2) is 5.75 Å². The van der Waals surface area contributed by atoms with Gasteiger partial charge in [-0.2, -0.15) is 10.4 Å². The Morgan fingerprint density at radius 2 is 1.83 bits per heavy atom. The lowest BCUT2D eigenvalue weighted by Gasteiger charge is -2.13. The van der Waals surface area contributed by atoms with Crippen LogP contribution in [-0.4, -0.2) is 15.7 Å². The smallest absolute Gasteiger partial charge is 0.284 e. The summed E-state index contributed by atoms with van der Waals surface area (Å²) in [5.41, 5.74) is 1.24. The molecule has 3 rings (SSSR count). The lowest BCUT2D eigenvalue weighted by Crippen LogP contribution is -2.29. The van der Waals surface area contributed by atoms with Crippen LogP contribution in [0.25, 0.3) is 0 Å². The average molecular weight is 388 g/mol. The Morgan fingerprint density at radius 1 is 1.14 bits per heavy atom. The third kappa shape index (κ3) is 4.68. The molecule has 0 fully saturated rings. The molecule has 0 spiro atoms. The summed E-state index contributed by atoms with van der Waals surface area (Å²) in [6, 6.07) is 18.3. The SMILES string of the molecule is Cc1nn(CCC(=O)Nc2ccccc2Oc2ccccc2)c(=O)c(C#N)c1C. The molecule has 0 radical (unpaired) electrons. The number of hydrogen-bond acceptors (Lipinski definition) is 5. The molecule has 1 aromatic heterocycles. The van der Waals surface area contributed by atoms with Crippen LogP contribution in [0, 0.1) is 25.2 Å². The number of rotatable bonds is 6. The van der Waals surface area contributed by atoms with E-state index in [1.807, 2.05) is 42.5 Å². The number of para-hydroxylation sites is 3. The number of aromatic nitrogens is 2. The number of benzene rings is 2. The second-order valence-corrected chi connectivity index (χ2v) is 6.43. The van der Waals surface area contributed by atoms with Gasteiger partial charge in [0.1, 0.15) is 17.4 Å². The fraction of sp³-hybridized carbons (Fsp3) is 0.182. The number of aryl methyl sites for hydroxylation is 2. The highest BCUT2D eigenvalue weighted by Crippen LogP contribution is 2.29. The summed E-state index contributed by atoms with van der Waals surface area (Å²) in [4.78, 5) is 24.8. The molecule has 29 heavy (non-hydrogen) atoms. The lowest BCUT2D eigenvalue weighted by molar-refractivity contribution is -0.116. The molecule has 0 saturated heterocycles. The normalized spacial score (nSPS) is 10.2. The fourth-order valence-corrected chi connectivity index (χ4v) is 2.75. The third-order valence-electron chi connectivity index (χ3n) is 4.43. The summed E-state index contributed by atoms with van der Waals surface area (Å²) in [7, 11) is 0. The van der Waals surface area contributed by atoms with E-state index in [0.717, 1.165) is 4.68 Å². The number of nitrogens with zero attached hydrogens (tertiary/aromatic N) is 3. The molecule has 1 heterocycles. The van der Waals surface area contributed by atoms with E-state index in [1.165, 1.54) is 0 Å². The number of nitriles is 1. The molecule has 0 bridgehead atoms. The summed E-state index contributed by atoms with van der Waals surface area (Å²) in [6.07, 6.45) is 0.0277. The van der Waals surface area contributed by atoms with E-state index in [1.54, 1.807) is 32.0 Å². The lowest BCUT2D eigenvalue weighted by atomic mass is 10.1. The summed E-state index contributed by atoms with van der Waals surface area (Å²) in [5, 5.41) is 16.2. The molecule has 146 valence electrons. The van der Waals surface area contributed by atoms with E-state index >= 15 is 0 Å². The van der Waals surface area contributed by atoms with E-state index in [0.29, 0.717) is 28.4 Å². The second kappa shape index (κ2) is 8.85. The molecule has 0 aliphatic carbocycles. The number of carbonyl (C=O) groups excluding carboxylic acids is 1. The molecule has 1 amide bonds. The fourth-order valence-electron chi connectivity index (χ4n) is 2.75. The van der Waals surface area contributed by atoms with Crippen LogP contribution >= 0.6 is 0 Å². The van der Waals surface area contributed by atoms with Crippen molar-refractivity contribution in [3.05, 3.63) is 81.8 Å². The van der Waals surface area contributed by atoms with Crippen LogP contribution in [-0.2, 0) is 11.3 Å². The number of anilines is 1. The van der Waals surface area contributed by atoms with Gasteiger partial charge in [-0.3, -0.25) is 9.59 Å². The molecule has 0 aliphatic rings. The predicted molar refractivity (Wildman–Crippen MR) is 109 cm³/mol. The van der Waals surface area contributed by atoms with E-state index in [-0.39, 0.29) is 24.4 Å². The summed E-state index contributed by atoms with van der Waals surface area (Å²) in [5.74, 6) is 0.879. The van der Waals surface area contributed by atoms with Crippen molar-refractivity contribution in [3.63, 3.8) is 0 Å². The highest BCUT2D eigenvalue weighted by atomic mass is 16.5. The minimum Gasteiger partial charge on any atom is -0.455 e. The number of nitrogens with one attached hydrogen (secondary N) is 1. The van der Waals surface area contributed by atoms with Crippen LogP contribution in [0.2, 0.25) is 0 Å². The van der Waals surface area contributed by atoms with Crippen molar-refractivity contribution in [3.8, 4) is 17.6 Å². The van der Waals surface area contributed by atoms with Crippen molar-refractivity contribution in [2.45, 2.75) is 26.8 Å². The van der Waals surface area contributed by atoms with E-state index in [2.05, 4.69) is 10.4 Å². The van der Waals surface area contributed by atoms with Crippen LogP contribution in [0.3, 0.4) is 0 Å². The van der Waals surface area contributed by atoms with Gasteiger partial charge in [-0.15, -0.1) is 0 Å². The standard InChI is InChI=1S/C22H20N4O3/c1-15-16(2)25-26(22(28)18(15)14-23)13-12-21(27)24-19-10-6-7-11-20(19)29-17-8-4-3-5-9-17/h3-11H,12-13H2,1-2H3,(H,24,27). The van der Waals surface area contributed by atoms with Crippen LogP contribution in [0.4, 0.5) is 5.69 Å². The van der Waals surface area contributed by atoms with Crippen molar-refractivity contribution in [1.82, 2.24) is 9.78 Å². The zero-order valence-corrected chi connectivity index (χ0v) is 16.2. The maximum Gasteiger partial charge on any atom is 0.284 e. The first-order chi connectivity index (χ1) is 14.0. The number of hydrogen-bond donors (Lipinski definition) is 1. The van der Waals surface area contributed by atoms with E-state index in [9.17, 15) is 14.9 Å². The highest BCUT2D eigenvalue weighted by Gasteiger charge is 2.13. The van der Waals surface area contributed by atoms with Crippen molar-refractivity contribution in [2.75, 3.05) is 5.32 Å². The Bertz CT molecular complexity index is 1130. The Kier molecular flexibility index (Phi) is 6.05. The van der Waals surface area contributed by atoms with Gasteiger partial charge in [-0.25, -0.2) is 4.68 Å². The zero-order chi connectivity index (χ0) is 20.8. The molecule has 0 unspecified atom stereocenters. The first-order valence-corrected chi connectivity index (χ1v) is 9.10. The summed E-state index contributed by atoms with van der Waals surface area (Å²) >= 11 is 0. The number of amides is 1. The van der Waals surface area contributed by atoms with Gasteiger partial charge in [0.25, 0.3) is 5.56 Å². The first-order valence-electron chi connectivity index (χ1n) is 9.10. The molecule has 2 aromatic carbocycles. The quantitative estimate of drug-likeness (QED) is 0.696. The van der Waals surface area contributed by atoms with Gasteiger partial charge < -0.3 is 10.1 Å². The van der Waals surface area contributed by atoms with Gasteiger partial charge in [0.2, 0.25) is 5.91 Å². The van der Waals surface area contributed by atoms with E-state index < -0.39 is 5.56 Å².